The Morgan fingerprint density at radius 1 is 1.03 bits per heavy atom. The average Bonchev–Trinajstić information content (AvgIpc) is 3.33. The molecule has 1 N–H and O–H groups in total. The third-order valence-corrected chi connectivity index (χ3v) is 6.37. The highest BCUT2D eigenvalue weighted by Crippen LogP contribution is 2.38. The average molecular weight is 457 g/mol. The zero-order valence-electron chi connectivity index (χ0n) is 18.8. The van der Waals surface area contributed by atoms with Gasteiger partial charge in [0.25, 0.3) is 10.1 Å². The van der Waals surface area contributed by atoms with Gasteiger partial charge >= 0.3 is 6.09 Å². The number of fused-ring (bicyclic) bond motifs is 1. The number of benzene rings is 2. The van der Waals surface area contributed by atoms with Crippen molar-refractivity contribution in [1.82, 2.24) is 4.57 Å². The van der Waals surface area contributed by atoms with Crippen LogP contribution in [-0.4, -0.2) is 42.3 Å². The van der Waals surface area contributed by atoms with Crippen LogP contribution in [0.2, 0.25) is 0 Å². The largest absolute Gasteiger partial charge is 0.443 e. The van der Waals surface area contributed by atoms with Crippen LogP contribution in [0.1, 0.15) is 39.2 Å². The van der Waals surface area contributed by atoms with Gasteiger partial charge in [-0.15, -0.1) is 0 Å². The molecule has 1 saturated heterocycles. The van der Waals surface area contributed by atoms with Gasteiger partial charge in [0.2, 0.25) is 0 Å². The molecule has 32 heavy (non-hydrogen) atoms. The number of hydrogen-bond acceptors (Lipinski definition) is 5. The molecule has 170 valence electrons. The van der Waals surface area contributed by atoms with Gasteiger partial charge in [0.15, 0.2) is 0 Å². The van der Waals surface area contributed by atoms with E-state index < -0.39 is 21.8 Å². The van der Waals surface area contributed by atoms with Gasteiger partial charge in [0.05, 0.1) is 16.1 Å². The topological polar surface area (TPSA) is 88.8 Å². The molecule has 0 atom stereocenters. The van der Waals surface area contributed by atoms with Crippen molar-refractivity contribution in [2.75, 3.05) is 18.0 Å². The Balaban J connectivity index is 2.02. The van der Waals surface area contributed by atoms with E-state index in [0.29, 0.717) is 16.8 Å². The molecule has 4 rings (SSSR count). The summed E-state index contributed by atoms with van der Waals surface area (Å²) in [5, 5.41) is 0.834. The number of carbonyl (C=O) groups excluding carboxylic acids is 1. The molecule has 0 aliphatic carbocycles. The summed E-state index contributed by atoms with van der Waals surface area (Å²) in [7, 11) is -4.42. The Bertz CT molecular complexity index is 1300. The van der Waals surface area contributed by atoms with E-state index in [0.717, 1.165) is 42.6 Å². The molecular formula is C24H28N2O5S. The fourth-order valence-corrected chi connectivity index (χ4v) is 4.63. The van der Waals surface area contributed by atoms with Crippen LogP contribution < -0.4 is 4.90 Å². The van der Waals surface area contributed by atoms with E-state index in [1.807, 2.05) is 31.2 Å². The number of nitrogens with zero attached hydrogens (tertiary/aromatic N) is 2. The Kier molecular flexibility index (Phi) is 5.55. The number of ether oxygens (including phenoxy) is 1. The van der Waals surface area contributed by atoms with E-state index in [-0.39, 0.29) is 4.90 Å². The van der Waals surface area contributed by atoms with Gasteiger partial charge in [-0.3, -0.25) is 4.55 Å². The lowest BCUT2D eigenvalue weighted by molar-refractivity contribution is 0.0547. The van der Waals surface area contributed by atoms with Crippen LogP contribution in [-0.2, 0) is 14.9 Å². The molecule has 1 aliphatic heterocycles. The molecule has 0 bridgehead atoms. The van der Waals surface area contributed by atoms with Crippen molar-refractivity contribution < 1.29 is 22.5 Å². The Morgan fingerprint density at radius 2 is 1.72 bits per heavy atom. The van der Waals surface area contributed by atoms with Crippen LogP contribution in [0.25, 0.3) is 22.2 Å². The first-order valence-corrected chi connectivity index (χ1v) is 12.1. The lowest BCUT2D eigenvalue weighted by Crippen LogP contribution is -2.27. The number of aryl methyl sites for hydroxylation is 1. The van der Waals surface area contributed by atoms with Crippen molar-refractivity contribution in [1.29, 1.82) is 0 Å². The summed E-state index contributed by atoms with van der Waals surface area (Å²) in [6, 6.07) is 12.2. The number of aromatic nitrogens is 1. The van der Waals surface area contributed by atoms with E-state index in [4.69, 9.17) is 4.74 Å². The summed E-state index contributed by atoms with van der Waals surface area (Å²) >= 11 is 0. The quantitative estimate of drug-likeness (QED) is 0.542. The third kappa shape index (κ3) is 4.38. The lowest BCUT2D eigenvalue weighted by atomic mass is 10.1. The molecule has 0 unspecified atom stereocenters. The van der Waals surface area contributed by atoms with Crippen molar-refractivity contribution in [3.63, 3.8) is 0 Å². The standard InChI is InChI=1S/C24H28N2O5S/c1-16-7-8-17-14-22(26(21(17)13-16)23(27)31-24(2,3)4)19-15-18(32(28,29)30)9-10-20(19)25-11-5-6-12-25/h7-10,13-15H,5-6,11-12H2,1-4H3,(H,28,29,30). The maximum Gasteiger partial charge on any atom is 0.419 e. The van der Waals surface area contributed by atoms with Crippen LogP contribution >= 0.6 is 0 Å². The minimum absolute atomic E-state index is 0.215. The fraction of sp³-hybridized carbons (Fsp3) is 0.375. The zero-order chi connectivity index (χ0) is 23.3. The molecule has 0 spiro atoms. The normalized spacial score (nSPS) is 14.8. The second kappa shape index (κ2) is 7.94. The van der Waals surface area contributed by atoms with Crippen LogP contribution in [0.5, 0.6) is 0 Å². The van der Waals surface area contributed by atoms with Crippen LogP contribution in [0.4, 0.5) is 10.5 Å². The smallest absolute Gasteiger partial charge is 0.419 e. The number of anilines is 1. The maximum absolute atomic E-state index is 13.3. The first-order valence-electron chi connectivity index (χ1n) is 10.7. The SMILES string of the molecule is Cc1ccc2cc(-c3cc(S(=O)(=O)O)ccc3N3CCCC3)n(C(=O)OC(C)(C)C)c2c1. The number of hydrogen-bond donors (Lipinski definition) is 1. The summed E-state index contributed by atoms with van der Waals surface area (Å²) in [5.74, 6) is 0. The van der Waals surface area contributed by atoms with Crippen LogP contribution in [0, 0.1) is 6.92 Å². The van der Waals surface area contributed by atoms with E-state index in [1.54, 1.807) is 26.8 Å². The molecule has 2 heterocycles. The molecule has 0 saturated carbocycles. The highest BCUT2D eigenvalue weighted by molar-refractivity contribution is 7.85. The Morgan fingerprint density at radius 3 is 2.34 bits per heavy atom. The molecule has 0 radical (unpaired) electrons. The third-order valence-electron chi connectivity index (χ3n) is 5.52. The second-order valence-corrected chi connectivity index (χ2v) is 10.7. The van der Waals surface area contributed by atoms with Gasteiger partial charge in [-0.1, -0.05) is 12.1 Å². The second-order valence-electron chi connectivity index (χ2n) is 9.26. The molecular weight excluding hydrogens is 428 g/mol. The molecule has 1 fully saturated rings. The minimum atomic E-state index is -4.42. The summed E-state index contributed by atoms with van der Waals surface area (Å²) in [6.45, 7) is 9.02. The van der Waals surface area contributed by atoms with Gasteiger partial charge in [-0.2, -0.15) is 8.42 Å². The summed E-state index contributed by atoms with van der Waals surface area (Å²) in [5.41, 5.74) is 2.86. The van der Waals surface area contributed by atoms with Crippen LogP contribution in [0.3, 0.4) is 0 Å². The summed E-state index contributed by atoms with van der Waals surface area (Å²) < 4.78 is 40.7. The first kappa shape index (κ1) is 22.4. The van der Waals surface area contributed by atoms with Gasteiger partial charge in [0.1, 0.15) is 5.60 Å². The molecule has 8 heteroatoms. The van der Waals surface area contributed by atoms with Crippen LogP contribution in [0.15, 0.2) is 47.4 Å². The van der Waals surface area contributed by atoms with E-state index in [1.165, 1.54) is 16.7 Å². The monoisotopic (exact) mass is 456 g/mol. The first-order chi connectivity index (χ1) is 14.9. The Labute approximate surface area is 188 Å². The molecule has 1 aliphatic rings. The molecule has 0 amide bonds. The number of carbonyl (C=O) groups is 1. The van der Waals surface area contributed by atoms with Gasteiger partial charge in [0, 0.05) is 29.7 Å². The molecule has 2 aromatic carbocycles. The van der Waals surface area contributed by atoms with Crippen molar-refractivity contribution in [2.45, 2.75) is 51.0 Å². The Hall–Kier alpha value is -2.84. The predicted octanol–water partition coefficient (Wildman–Crippen LogP) is 5.25. The van der Waals surface area contributed by atoms with Crippen molar-refractivity contribution in [2.24, 2.45) is 0 Å². The molecule has 1 aromatic heterocycles. The number of rotatable bonds is 3. The van der Waals surface area contributed by atoms with Crippen molar-refractivity contribution in [3.8, 4) is 11.3 Å². The van der Waals surface area contributed by atoms with E-state index in [9.17, 15) is 17.8 Å². The lowest BCUT2D eigenvalue weighted by Gasteiger charge is -2.24. The maximum atomic E-state index is 13.3. The summed E-state index contributed by atoms with van der Waals surface area (Å²) in [4.78, 5) is 15.3. The minimum Gasteiger partial charge on any atom is -0.443 e. The highest BCUT2D eigenvalue weighted by atomic mass is 32.2. The van der Waals surface area contributed by atoms with E-state index in [2.05, 4.69) is 4.90 Å². The molecule has 3 aromatic rings. The van der Waals surface area contributed by atoms with Gasteiger partial charge < -0.3 is 9.64 Å². The summed E-state index contributed by atoms with van der Waals surface area (Å²) in [6.07, 6.45) is 1.53. The van der Waals surface area contributed by atoms with Gasteiger partial charge in [-0.25, -0.2) is 9.36 Å². The molecule has 7 nitrogen and oxygen atoms in total. The van der Waals surface area contributed by atoms with E-state index >= 15 is 0 Å². The van der Waals surface area contributed by atoms with Crippen molar-refractivity contribution in [3.05, 3.63) is 48.0 Å². The van der Waals surface area contributed by atoms with Crippen molar-refractivity contribution >= 4 is 32.8 Å². The predicted molar refractivity (Wildman–Crippen MR) is 125 cm³/mol. The zero-order valence-corrected chi connectivity index (χ0v) is 19.6. The van der Waals surface area contributed by atoms with Gasteiger partial charge in [-0.05, 0) is 76.4 Å². The fourth-order valence-electron chi connectivity index (χ4n) is 4.13. The highest BCUT2D eigenvalue weighted by Gasteiger charge is 2.27.